The summed E-state index contributed by atoms with van der Waals surface area (Å²) in [5.74, 6) is -0.580. The average Bonchev–Trinajstić information content (AvgIpc) is 2.67. The van der Waals surface area contributed by atoms with Crippen molar-refractivity contribution in [1.29, 1.82) is 0 Å². The number of nitrogens with one attached hydrogen (secondary N) is 1. The van der Waals surface area contributed by atoms with E-state index >= 15 is 0 Å². The lowest BCUT2D eigenvalue weighted by Gasteiger charge is -2.13. The van der Waals surface area contributed by atoms with E-state index in [0.717, 1.165) is 6.07 Å². The predicted molar refractivity (Wildman–Crippen MR) is 111 cm³/mol. The number of halogens is 6. The van der Waals surface area contributed by atoms with Gasteiger partial charge in [0, 0.05) is 11.8 Å². The summed E-state index contributed by atoms with van der Waals surface area (Å²) in [6.07, 6.45) is -3.51. The Morgan fingerprint density at radius 3 is 2.37 bits per heavy atom. The summed E-state index contributed by atoms with van der Waals surface area (Å²) in [5, 5.41) is -0.224. The van der Waals surface area contributed by atoms with Crippen LogP contribution in [0.15, 0.2) is 59.6 Å². The minimum absolute atomic E-state index is 0.0331. The molecule has 0 aliphatic rings. The molecule has 0 aliphatic heterocycles. The normalized spacial score (nSPS) is 12.5. The maximum absolute atomic E-state index is 13.1. The number of nitrogens with zero attached hydrogens (tertiary/aromatic N) is 1. The van der Waals surface area contributed by atoms with Crippen molar-refractivity contribution in [3.05, 3.63) is 86.6 Å². The minimum Gasteiger partial charge on any atom is -0.299 e. The van der Waals surface area contributed by atoms with Gasteiger partial charge in [0.15, 0.2) is 0 Å². The third-order valence-corrected chi connectivity index (χ3v) is 5.80. The lowest BCUT2D eigenvalue weighted by molar-refractivity contribution is -0.137. The third-order valence-electron chi connectivity index (χ3n) is 3.85. The van der Waals surface area contributed by atoms with Crippen LogP contribution in [0.2, 0.25) is 15.1 Å². The summed E-state index contributed by atoms with van der Waals surface area (Å²) >= 11 is 17.6. The molecule has 11 heteroatoms. The summed E-state index contributed by atoms with van der Waals surface area (Å²) in [7, 11) is -2.18. The molecule has 0 amide bonds. The zero-order valence-electron chi connectivity index (χ0n) is 14.6. The molecule has 156 valence electrons. The van der Waals surface area contributed by atoms with Crippen LogP contribution >= 0.6 is 34.8 Å². The summed E-state index contributed by atoms with van der Waals surface area (Å²) in [6, 6.07) is 10.4. The van der Waals surface area contributed by atoms with E-state index in [1.165, 1.54) is 30.5 Å². The minimum atomic E-state index is -4.72. The van der Waals surface area contributed by atoms with E-state index < -0.39 is 33.5 Å². The first-order valence-electron chi connectivity index (χ1n) is 8.08. The van der Waals surface area contributed by atoms with E-state index in [-0.39, 0.29) is 31.9 Å². The van der Waals surface area contributed by atoms with Gasteiger partial charge in [-0.1, -0.05) is 46.9 Å². The van der Waals surface area contributed by atoms with Crippen molar-refractivity contribution in [3.63, 3.8) is 0 Å². The molecule has 0 spiro atoms. The second-order valence-corrected chi connectivity index (χ2v) is 8.33. The molecule has 0 saturated carbocycles. The first-order chi connectivity index (χ1) is 14.1. The number of pyridine rings is 1. The number of carbonyl (C=O) groups is 1. The van der Waals surface area contributed by atoms with Gasteiger partial charge in [-0.05, 0) is 36.4 Å². The van der Waals surface area contributed by atoms with E-state index in [1.54, 1.807) is 12.1 Å². The van der Waals surface area contributed by atoms with Crippen LogP contribution in [0, 0.1) is 0 Å². The Kier molecular flexibility index (Phi) is 6.71. The topological polar surface area (TPSA) is 59.1 Å². The zero-order valence-corrected chi connectivity index (χ0v) is 17.7. The molecular formula is C19H10Cl3F3N2O2S. The number of hydrogen-bond acceptors (Lipinski definition) is 3. The van der Waals surface area contributed by atoms with Crippen molar-refractivity contribution < 1.29 is 22.2 Å². The number of aromatic nitrogens is 1. The molecule has 3 aromatic rings. The number of hydrogen-bond donors (Lipinski definition) is 1. The fourth-order valence-corrected chi connectivity index (χ4v) is 3.96. The van der Waals surface area contributed by atoms with Gasteiger partial charge in [0.1, 0.15) is 16.7 Å². The number of carbonyl (C=O) groups excluding carboxylic acids is 1. The van der Waals surface area contributed by atoms with Crippen LogP contribution in [0.5, 0.6) is 0 Å². The molecule has 1 atom stereocenters. The van der Waals surface area contributed by atoms with Gasteiger partial charge in [0.05, 0.1) is 31.2 Å². The molecule has 1 aromatic heterocycles. The van der Waals surface area contributed by atoms with Crippen molar-refractivity contribution in [2.24, 2.45) is 0 Å². The van der Waals surface area contributed by atoms with E-state index in [4.69, 9.17) is 34.8 Å². The van der Waals surface area contributed by atoms with Crippen LogP contribution in [0.3, 0.4) is 0 Å². The maximum Gasteiger partial charge on any atom is 0.417 e. The Bertz CT molecular complexity index is 1160. The van der Waals surface area contributed by atoms with Crippen LogP contribution in [0.1, 0.15) is 21.6 Å². The average molecular weight is 494 g/mol. The highest BCUT2D eigenvalue weighted by molar-refractivity contribution is 7.86. The fraction of sp³-hybridized carbons (Fsp3) is 0.0526. The SMILES string of the molecule is O=C(c1ccccc1Cl)c1ncc(Cl)cc1NS(=O)c1ccc(Cl)c(C(F)(F)F)c1. The van der Waals surface area contributed by atoms with Crippen molar-refractivity contribution in [2.45, 2.75) is 11.1 Å². The lowest BCUT2D eigenvalue weighted by Crippen LogP contribution is -2.13. The van der Waals surface area contributed by atoms with E-state index in [9.17, 15) is 22.2 Å². The van der Waals surface area contributed by atoms with E-state index in [2.05, 4.69) is 9.71 Å². The van der Waals surface area contributed by atoms with Crippen molar-refractivity contribution >= 4 is 57.3 Å². The summed E-state index contributed by atoms with van der Waals surface area (Å²) < 4.78 is 54.4. The largest absolute Gasteiger partial charge is 0.417 e. The smallest absolute Gasteiger partial charge is 0.299 e. The van der Waals surface area contributed by atoms with Gasteiger partial charge in [-0.15, -0.1) is 0 Å². The predicted octanol–water partition coefficient (Wildman–Crippen LogP) is 6.43. The molecule has 1 unspecified atom stereocenters. The lowest BCUT2D eigenvalue weighted by atomic mass is 10.1. The molecule has 0 radical (unpaired) electrons. The molecule has 4 nitrogen and oxygen atoms in total. The van der Waals surface area contributed by atoms with Gasteiger partial charge in [0.2, 0.25) is 5.78 Å². The fourth-order valence-electron chi connectivity index (χ4n) is 2.47. The standard InChI is InChI=1S/C19H10Cl3F3N2O2S/c20-10-7-16(17(26-9-10)18(28)12-3-1-2-4-14(12)21)27-30(29)11-5-6-15(22)13(8-11)19(23,24)25/h1-9,27H. The first-order valence-corrected chi connectivity index (χ1v) is 10.4. The Morgan fingerprint density at radius 2 is 1.70 bits per heavy atom. The highest BCUT2D eigenvalue weighted by Gasteiger charge is 2.34. The van der Waals surface area contributed by atoms with Gasteiger partial charge in [-0.3, -0.25) is 9.52 Å². The van der Waals surface area contributed by atoms with Gasteiger partial charge < -0.3 is 0 Å². The Morgan fingerprint density at radius 1 is 1.00 bits per heavy atom. The van der Waals surface area contributed by atoms with Gasteiger partial charge >= 0.3 is 6.18 Å². The van der Waals surface area contributed by atoms with E-state index in [1.807, 2.05) is 0 Å². The Labute approximate surface area is 186 Å². The van der Waals surface area contributed by atoms with Crippen molar-refractivity contribution in [3.8, 4) is 0 Å². The monoisotopic (exact) mass is 492 g/mol. The number of rotatable bonds is 5. The van der Waals surface area contributed by atoms with E-state index in [0.29, 0.717) is 6.07 Å². The quantitative estimate of drug-likeness (QED) is 0.417. The molecule has 0 fully saturated rings. The molecule has 2 aromatic carbocycles. The summed E-state index contributed by atoms with van der Waals surface area (Å²) in [5.41, 5.74) is -1.16. The number of benzene rings is 2. The molecule has 0 bridgehead atoms. The van der Waals surface area contributed by atoms with Crippen LogP contribution in [0.25, 0.3) is 0 Å². The Balaban J connectivity index is 1.98. The first kappa shape index (κ1) is 22.6. The van der Waals surface area contributed by atoms with Crippen LogP contribution in [0.4, 0.5) is 18.9 Å². The van der Waals surface area contributed by atoms with Crippen molar-refractivity contribution in [1.82, 2.24) is 4.98 Å². The molecule has 0 saturated heterocycles. The Hall–Kier alpha value is -2.13. The molecule has 1 N–H and O–H groups in total. The molecule has 3 rings (SSSR count). The maximum atomic E-state index is 13.1. The molecule has 0 aliphatic carbocycles. The highest BCUT2D eigenvalue weighted by atomic mass is 35.5. The van der Waals surface area contributed by atoms with Gasteiger partial charge in [-0.2, -0.15) is 13.2 Å². The number of alkyl halides is 3. The summed E-state index contributed by atoms with van der Waals surface area (Å²) in [4.78, 5) is 16.6. The molecule has 30 heavy (non-hydrogen) atoms. The molecular weight excluding hydrogens is 484 g/mol. The number of anilines is 1. The second-order valence-electron chi connectivity index (χ2n) is 5.87. The second kappa shape index (κ2) is 8.93. The summed E-state index contributed by atoms with van der Waals surface area (Å²) in [6.45, 7) is 0. The van der Waals surface area contributed by atoms with Gasteiger partial charge in [0.25, 0.3) is 0 Å². The highest BCUT2D eigenvalue weighted by Crippen LogP contribution is 2.36. The third kappa shape index (κ3) is 4.95. The van der Waals surface area contributed by atoms with Crippen LogP contribution < -0.4 is 4.72 Å². The van der Waals surface area contributed by atoms with Crippen LogP contribution in [-0.2, 0) is 17.2 Å². The molecule has 1 heterocycles. The van der Waals surface area contributed by atoms with Crippen LogP contribution in [-0.4, -0.2) is 15.0 Å². The van der Waals surface area contributed by atoms with Crippen molar-refractivity contribution in [2.75, 3.05) is 4.72 Å². The number of ketones is 1. The van der Waals surface area contributed by atoms with Gasteiger partial charge in [-0.25, -0.2) is 9.19 Å². The zero-order chi connectivity index (χ0) is 22.1.